The molecule has 1 saturated carbocycles. The fraction of sp³-hybridized carbons (Fsp3) is 0.667. The Balaban J connectivity index is 2.16. The van der Waals surface area contributed by atoms with E-state index in [1.54, 1.807) is 6.20 Å². The second-order valence-corrected chi connectivity index (χ2v) is 5.62. The minimum Gasteiger partial charge on any atom is -0.394 e. The summed E-state index contributed by atoms with van der Waals surface area (Å²) in [5.41, 5.74) is 6.50. The minimum absolute atomic E-state index is 0.111. The topological polar surface area (TPSA) is 93.2 Å². The van der Waals surface area contributed by atoms with Gasteiger partial charge in [-0.3, -0.25) is 4.79 Å². The Hall–Kier alpha value is -0.920. The molecule has 1 aliphatic carbocycles. The van der Waals surface area contributed by atoms with Crippen molar-refractivity contribution in [3.8, 4) is 0 Å². The van der Waals surface area contributed by atoms with Gasteiger partial charge in [-0.2, -0.15) is 5.10 Å². The van der Waals surface area contributed by atoms with E-state index in [1.807, 2.05) is 0 Å². The SMILES string of the molecule is NC1CCCCC1Nc1cnn(CCO)c(=O)c1Br. The van der Waals surface area contributed by atoms with Gasteiger partial charge in [0.1, 0.15) is 4.47 Å². The lowest BCUT2D eigenvalue weighted by Crippen LogP contribution is -2.43. The van der Waals surface area contributed by atoms with E-state index < -0.39 is 0 Å². The number of hydrogen-bond acceptors (Lipinski definition) is 5. The van der Waals surface area contributed by atoms with Gasteiger partial charge in [0.2, 0.25) is 0 Å². The second kappa shape index (κ2) is 6.49. The summed E-state index contributed by atoms with van der Waals surface area (Å²) in [7, 11) is 0. The summed E-state index contributed by atoms with van der Waals surface area (Å²) in [6.45, 7) is 0.0836. The highest BCUT2D eigenvalue weighted by Crippen LogP contribution is 2.23. The maximum absolute atomic E-state index is 12.0. The van der Waals surface area contributed by atoms with Crippen molar-refractivity contribution in [3.63, 3.8) is 0 Å². The Labute approximate surface area is 120 Å². The summed E-state index contributed by atoms with van der Waals surface area (Å²) >= 11 is 3.29. The number of rotatable bonds is 4. The van der Waals surface area contributed by atoms with Crippen LogP contribution < -0.4 is 16.6 Å². The lowest BCUT2D eigenvalue weighted by molar-refractivity contribution is 0.266. The number of hydrogen-bond donors (Lipinski definition) is 3. The Morgan fingerprint density at radius 2 is 2.26 bits per heavy atom. The number of aliphatic hydroxyl groups is 1. The summed E-state index contributed by atoms with van der Waals surface area (Å²) in [5, 5.41) is 16.2. The van der Waals surface area contributed by atoms with E-state index in [0.717, 1.165) is 25.7 Å². The fourth-order valence-corrected chi connectivity index (χ4v) is 2.78. The first-order chi connectivity index (χ1) is 9.13. The number of halogens is 1. The van der Waals surface area contributed by atoms with Gasteiger partial charge in [-0.1, -0.05) is 12.8 Å². The molecule has 1 heterocycles. The van der Waals surface area contributed by atoms with E-state index in [2.05, 4.69) is 26.3 Å². The van der Waals surface area contributed by atoms with Crippen LogP contribution in [0.4, 0.5) is 5.69 Å². The Kier molecular flexibility index (Phi) is 4.95. The summed E-state index contributed by atoms with van der Waals surface area (Å²) in [6.07, 6.45) is 5.93. The lowest BCUT2D eigenvalue weighted by atomic mass is 9.91. The zero-order valence-corrected chi connectivity index (χ0v) is 12.3. The van der Waals surface area contributed by atoms with Crippen LogP contribution in [-0.4, -0.2) is 33.6 Å². The third-order valence-corrected chi connectivity index (χ3v) is 4.22. The first kappa shape index (κ1) is 14.5. The predicted octanol–water partition coefficient (Wildman–Crippen LogP) is 0.680. The van der Waals surface area contributed by atoms with Gasteiger partial charge >= 0.3 is 0 Å². The summed E-state index contributed by atoms with van der Waals surface area (Å²) in [5.74, 6) is 0. The van der Waals surface area contributed by atoms with Crippen molar-refractivity contribution in [1.82, 2.24) is 9.78 Å². The molecule has 2 rings (SSSR count). The molecule has 0 aromatic carbocycles. The van der Waals surface area contributed by atoms with Gasteiger partial charge in [-0.25, -0.2) is 4.68 Å². The summed E-state index contributed by atoms with van der Waals surface area (Å²) in [6, 6.07) is 0.292. The number of anilines is 1. The molecule has 106 valence electrons. The fourth-order valence-electron chi connectivity index (χ4n) is 2.36. The number of nitrogens with two attached hydrogens (primary N) is 1. The van der Waals surface area contributed by atoms with E-state index >= 15 is 0 Å². The maximum Gasteiger partial charge on any atom is 0.283 e. The molecule has 0 aliphatic heterocycles. The van der Waals surface area contributed by atoms with Crippen molar-refractivity contribution in [2.24, 2.45) is 5.73 Å². The molecule has 0 saturated heterocycles. The van der Waals surface area contributed by atoms with Crippen molar-refractivity contribution >= 4 is 21.6 Å². The molecule has 0 radical (unpaired) electrons. The highest BCUT2D eigenvalue weighted by atomic mass is 79.9. The van der Waals surface area contributed by atoms with Gasteiger partial charge in [-0.05, 0) is 28.8 Å². The second-order valence-electron chi connectivity index (χ2n) is 4.82. The highest BCUT2D eigenvalue weighted by molar-refractivity contribution is 9.10. The van der Waals surface area contributed by atoms with Crippen LogP contribution in [0.1, 0.15) is 25.7 Å². The smallest absolute Gasteiger partial charge is 0.283 e. The molecule has 0 amide bonds. The number of nitrogens with zero attached hydrogens (tertiary/aromatic N) is 2. The van der Waals surface area contributed by atoms with E-state index in [1.165, 1.54) is 4.68 Å². The van der Waals surface area contributed by atoms with Gasteiger partial charge in [0, 0.05) is 12.1 Å². The summed E-state index contributed by atoms with van der Waals surface area (Å²) in [4.78, 5) is 12.0. The van der Waals surface area contributed by atoms with Crippen LogP contribution in [0.3, 0.4) is 0 Å². The largest absolute Gasteiger partial charge is 0.394 e. The van der Waals surface area contributed by atoms with Gasteiger partial charge < -0.3 is 16.2 Å². The average molecular weight is 331 g/mol. The Bertz CT molecular complexity index is 491. The van der Waals surface area contributed by atoms with Gasteiger partial charge in [0.15, 0.2) is 0 Å². The van der Waals surface area contributed by atoms with Gasteiger partial charge in [0.05, 0.1) is 25.0 Å². The molecule has 2 unspecified atom stereocenters. The average Bonchev–Trinajstić information content (AvgIpc) is 2.41. The van der Waals surface area contributed by atoms with E-state index in [4.69, 9.17) is 10.8 Å². The van der Waals surface area contributed by atoms with Crippen molar-refractivity contribution < 1.29 is 5.11 Å². The molecule has 1 fully saturated rings. The standard InChI is InChI=1S/C12H19BrN4O2/c13-11-10(7-15-17(5-6-18)12(11)19)16-9-4-2-1-3-8(9)14/h7-9,16,18H,1-6,14H2. The van der Waals surface area contributed by atoms with Crippen molar-refractivity contribution in [2.45, 2.75) is 44.3 Å². The Morgan fingerprint density at radius 3 is 2.95 bits per heavy atom. The van der Waals surface area contributed by atoms with Crippen LogP contribution >= 0.6 is 15.9 Å². The molecule has 1 aliphatic rings. The monoisotopic (exact) mass is 330 g/mol. The molecule has 6 nitrogen and oxygen atoms in total. The molecular weight excluding hydrogens is 312 g/mol. The van der Waals surface area contributed by atoms with Crippen LogP contribution in [-0.2, 0) is 6.54 Å². The Morgan fingerprint density at radius 1 is 1.53 bits per heavy atom. The maximum atomic E-state index is 12.0. The zero-order chi connectivity index (χ0) is 13.8. The molecule has 7 heteroatoms. The first-order valence-electron chi connectivity index (χ1n) is 6.52. The van der Waals surface area contributed by atoms with Crippen molar-refractivity contribution in [2.75, 3.05) is 11.9 Å². The molecule has 0 bridgehead atoms. The molecular formula is C12H19BrN4O2. The van der Waals surface area contributed by atoms with Crippen LogP contribution in [0.25, 0.3) is 0 Å². The molecule has 19 heavy (non-hydrogen) atoms. The molecule has 0 spiro atoms. The minimum atomic E-state index is -0.247. The summed E-state index contributed by atoms with van der Waals surface area (Å²) < 4.78 is 1.67. The predicted molar refractivity (Wildman–Crippen MR) is 77.1 cm³/mol. The van der Waals surface area contributed by atoms with Gasteiger partial charge in [-0.15, -0.1) is 0 Å². The molecule has 1 aromatic rings. The van der Waals surface area contributed by atoms with Crippen molar-refractivity contribution in [3.05, 3.63) is 21.0 Å². The van der Waals surface area contributed by atoms with E-state index in [-0.39, 0.29) is 30.8 Å². The molecule has 4 N–H and O–H groups in total. The highest BCUT2D eigenvalue weighted by Gasteiger charge is 2.22. The quantitative estimate of drug-likeness (QED) is 0.754. The van der Waals surface area contributed by atoms with Crippen LogP contribution in [0, 0.1) is 0 Å². The van der Waals surface area contributed by atoms with E-state index in [9.17, 15) is 4.79 Å². The zero-order valence-electron chi connectivity index (χ0n) is 10.7. The van der Waals surface area contributed by atoms with Gasteiger partial charge in [0.25, 0.3) is 5.56 Å². The number of aliphatic hydroxyl groups excluding tert-OH is 1. The first-order valence-corrected chi connectivity index (χ1v) is 7.31. The molecule has 1 aromatic heterocycles. The van der Waals surface area contributed by atoms with Crippen LogP contribution in [0.5, 0.6) is 0 Å². The lowest BCUT2D eigenvalue weighted by Gasteiger charge is -2.30. The van der Waals surface area contributed by atoms with Crippen LogP contribution in [0.2, 0.25) is 0 Å². The van der Waals surface area contributed by atoms with Crippen LogP contribution in [0.15, 0.2) is 15.5 Å². The number of nitrogens with one attached hydrogen (secondary N) is 1. The normalized spacial score (nSPS) is 23.3. The van der Waals surface area contributed by atoms with E-state index in [0.29, 0.717) is 10.2 Å². The third-order valence-electron chi connectivity index (χ3n) is 3.46. The third kappa shape index (κ3) is 3.34. The number of aromatic nitrogens is 2. The van der Waals surface area contributed by atoms with Crippen molar-refractivity contribution in [1.29, 1.82) is 0 Å². The molecule has 2 atom stereocenters.